The van der Waals surface area contributed by atoms with E-state index in [2.05, 4.69) is 45.1 Å². The average molecular weight is 887 g/mol. The molecule has 0 aliphatic heterocycles. The lowest BCUT2D eigenvalue weighted by molar-refractivity contribution is -0.167. The summed E-state index contributed by atoms with van der Waals surface area (Å²) >= 11 is 0. The molecule has 0 rings (SSSR count). The molecule has 0 radical (unpaired) electrons. The van der Waals surface area contributed by atoms with Gasteiger partial charge in [0, 0.05) is 19.3 Å². The highest BCUT2D eigenvalue weighted by molar-refractivity contribution is 5.71. The lowest BCUT2D eigenvalue weighted by Crippen LogP contribution is -2.30. The molecule has 0 aromatic carbocycles. The fourth-order valence-corrected chi connectivity index (χ4v) is 8.24. The molecule has 6 heteroatoms. The highest BCUT2D eigenvalue weighted by atomic mass is 16.6. The normalized spacial score (nSPS) is 12.1. The number of rotatable bonds is 51. The van der Waals surface area contributed by atoms with Gasteiger partial charge in [0.05, 0.1) is 0 Å². The largest absolute Gasteiger partial charge is 0.462 e. The van der Waals surface area contributed by atoms with Gasteiger partial charge in [-0.2, -0.15) is 0 Å². The molecule has 0 saturated heterocycles. The van der Waals surface area contributed by atoms with Crippen LogP contribution in [0.5, 0.6) is 0 Å². The highest BCUT2D eigenvalue weighted by Crippen LogP contribution is 2.17. The summed E-state index contributed by atoms with van der Waals surface area (Å²) < 4.78 is 16.7. The third-order valence-corrected chi connectivity index (χ3v) is 12.5. The molecular weight excluding hydrogens is 781 g/mol. The number of esters is 3. The molecular formula is C57H106O6. The van der Waals surface area contributed by atoms with Crippen molar-refractivity contribution in [3.8, 4) is 0 Å². The predicted molar refractivity (Wildman–Crippen MR) is 270 cm³/mol. The number of carbonyl (C=O) groups excluding carboxylic acids is 3. The Morgan fingerprint density at radius 2 is 0.571 bits per heavy atom. The second kappa shape index (κ2) is 52.5. The Morgan fingerprint density at radius 3 is 0.873 bits per heavy atom. The van der Waals surface area contributed by atoms with Crippen LogP contribution in [0, 0.1) is 0 Å². The van der Waals surface area contributed by atoms with Crippen molar-refractivity contribution in [3.63, 3.8) is 0 Å². The second-order valence-electron chi connectivity index (χ2n) is 18.9. The van der Waals surface area contributed by atoms with E-state index in [-0.39, 0.29) is 31.1 Å². The number of hydrogen-bond acceptors (Lipinski definition) is 6. The van der Waals surface area contributed by atoms with Gasteiger partial charge in [0.1, 0.15) is 13.2 Å². The second-order valence-corrected chi connectivity index (χ2v) is 18.9. The van der Waals surface area contributed by atoms with Gasteiger partial charge in [0.15, 0.2) is 6.10 Å². The molecule has 0 amide bonds. The molecule has 0 aromatic heterocycles. The van der Waals surface area contributed by atoms with Crippen molar-refractivity contribution in [2.45, 2.75) is 309 Å². The van der Waals surface area contributed by atoms with E-state index in [4.69, 9.17) is 14.2 Å². The number of hydrogen-bond donors (Lipinski definition) is 0. The van der Waals surface area contributed by atoms with Crippen LogP contribution in [0.15, 0.2) is 24.3 Å². The van der Waals surface area contributed by atoms with Crippen LogP contribution in [0.3, 0.4) is 0 Å². The first-order chi connectivity index (χ1) is 31.0. The molecule has 0 aliphatic carbocycles. The summed E-state index contributed by atoms with van der Waals surface area (Å²) in [5.74, 6) is -0.867. The monoisotopic (exact) mass is 887 g/mol. The van der Waals surface area contributed by atoms with E-state index in [1.54, 1.807) is 0 Å². The summed E-state index contributed by atoms with van der Waals surface area (Å²) in [4.78, 5) is 37.7. The van der Waals surface area contributed by atoms with E-state index in [9.17, 15) is 14.4 Å². The van der Waals surface area contributed by atoms with Crippen LogP contribution in [0.2, 0.25) is 0 Å². The van der Waals surface area contributed by atoms with Gasteiger partial charge in [-0.25, -0.2) is 0 Å². The average Bonchev–Trinajstić information content (AvgIpc) is 3.28. The van der Waals surface area contributed by atoms with Crippen LogP contribution in [0.25, 0.3) is 0 Å². The molecule has 0 bridgehead atoms. The van der Waals surface area contributed by atoms with Crippen molar-refractivity contribution in [1.29, 1.82) is 0 Å². The predicted octanol–water partition coefficient (Wildman–Crippen LogP) is 18.3. The van der Waals surface area contributed by atoms with Gasteiger partial charge in [-0.05, 0) is 51.4 Å². The molecule has 0 fully saturated rings. The maximum atomic E-state index is 12.8. The molecule has 0 saturated carbocycles. The minimum Gasteiger partial charge on any atom is -0.462 e. The van der Waals surface area contributed by atoms with Crippen LogP contribution in [0.4, 0.5) is 0 Å². The zero-order valence-corrected chi connectivity index (χ0v) is 42.4. The fraction of sp³-hybridized carbons (Fsp3) is 0.877. The van der Waals surface area contributed by atoms with Gasteiger partial charge in [0.25, 0.3) is 0 Å². The quantitative estimate of drug-likeness (QED) is 0.0262. The minimum absolute atomic E-state index is 0.0684. The van der Waals surface area contributed by atoms with Gasteiger partial charge >= 0.3 is 17.9 Å². The molecule has 6 nitrogen and oxygen atoms in total. The van der Waals surface area contributed by atoms with E-state index < -0.39 is 6.10 Å². The number of ether oxygens (including phenoxy) is 3. The summed E-state index contributed by atoms with van der Waals surface area (Å²) in [6.45, 7) is 6.58. The van der Waals surface area contributed by atoms with E-state index in [0.717, 1.165) is 70.6 Å². The van der Waals surface area contributed by atoms with Gasteiger partial charge in [-0.1, -0.05) is 257 Å². The zero-order chi connectivity index (χ0) is 45.8. The summed E-state index contributed by atoms with van der Waals surface area (Å²) in [5.41, 5.74) is 0. The Balaban J connectivity index is 4.06. The molecule has 63 heavy (non-hydrogen) atoms. The summed E-state index contributed by atoms with van der Waals surface area (Å²) in [5, 5.41) is 0. The van der Waals surface area contributed by atoms with Crippen molar-refractivity contribution in [3.05, 3.63) is 24.3 Å². The lowest BCUT2D eigenvalue weighted by Gasteiger charge is -2.18. The molecule has 0 aliphatic rings. The summed E-state index contributed by atoms with van der Waals surface area (Å²) in [6.07, 6.45) is 60.7. The molecule has 0 aromatic rings. The lowest BCUT2D eigenvalue weighted by atomic mass is 10.0. The van der Waals surface area contributed by atoms with Crippen LogP contribution < -0.4 is 0 Å². The number of allylic oxidation sites excluding steroid dienone is 4. The Bertz CT molecular complexity index is 1020. The van der Waals surface area contributed by atoms with E-state index in [0.29, 0.717) is 19.3 Å². The summed E-state index contributed by atoms with van der Waals surface area (Å²) in [6, 6.07) is 0. The Morgan fingerprint density at radius 1 is 0.317 bits per heavy atom. The fourth-order valence-electron chi connectivity index (χ4n) is 8.24. The van der Waals surface area contributed by atoms with E-state index in [1.165, 1.54) is 193 Å². The third-order valence-electron chi connectivity index (χ3n) is 12.5. The summed E-state index contributed by atoms with van der Waals surface area (Å²) in [7, 11) is 0. The van der Waals surface area contributed by atoms with Crippen molar-refractivity contribution < 1.29 is 28.6 Å². The van der Waals surface area contributed by atoms with Crippen molar-refractivity contribution >= 4 is 17.9 Å². The maximum Gasteiger partial charge on any atom is 0.306 e. The van der Waals surface area contributed by atoms with Crippen molar-refractivity contribution in [1.82, 2.24) is 0 Å². The molecule has 370 valence electrons. The first-order valence-corrected chi connectivity index (χ1v) is 27.8. The standard InChI is InChI=1S/C57H106O6/c1-4-7-10-13-15-17-19-21-23-25-26-27-28-29-30-32-33-35-37-39-41-44-47-50-56(59)62-53-54(52-61-55(58)49-46-43-12-9-6-3)63-57(60)51-48-45-42-40-38-36-34-31-24-22-20-18-16-14-11-8-5-2/h19,21,25-26,54H,4-18,20,22-24,27-53H2,1-3H3/b21-19-,26-25-. The van der Waals surface area contributed by atoms with Crippen LogP contribution in [0.1, 0.15) is 303 Å². The Kier molecular flexibility index (Phi) is 50.8. The zero-order valence-electron chi connectivity index (χ0n) is 42.4. The van der Waals surface area contributed by atoms with Crippen LogP contribution in [-0.4, -0.2) is 37.2 Å². The van der Waals surface area contributed by atoms with E-state index in [1.807, 2.05) is 0 Å². The third kappa shape index (κ3) is 50.7. The first-order valence-electron chi connectivity index (χ1n) is 27.8. The van der Waals surface area contributed by atoms with Crippen molar-refractivity contribution in [2.75, 3.05) is 13.2 Å². The molecule has 0 N–H and O–H groups in total. The topological polar surface area (TPSA) is 78.9 Å². The SMILES string of the molecule is CCCCCCC/C=C\C/C=C\CCCCCCCCCCCCCC(=O)OCC(COC(=O)CCCCCCC)OC(=O)CCCCCCCCCCCCCCCCCCC. The smallest absolute Gasteiger partial charge is 0.306 e. The van der Waals surface area contributed by atoms with Crippen LogP contribution >= 0.6 is 0 Å². The first kappa shape index (κ1) is 60.9. The molecule has 1 unspecified atom stereocenters. The van der Waals surface area contributed by atoms with Gasteiger partial charge in [0.2, 0.25) is 0 Å². The molecule has 0 spiro atoms. The van der Waals surface area contributed by atoms with Gasteiger partial charge in [-0.3, -0.25) is 14.4 Å². The highest BCUT2D eigenvalue weighted by Gasteiger charge is 2.19. The van der Waals surface area contributed by atoms with Crippen LogP contribution in [-0.2, 0) is 28.6 Å². The minimum atomic E-state index is -0.764. The number of unbranched alkanes of at least 4 members (excludes halogenated alkanes) is 36. The Labute approximate surface area is 392 Å². The maximum absolute atomic E-state index is 12.8. The van der Waals surface area contributed by atoms with Gasteiger partial charge < -0.3 is 14.2 Å². The molecule has 1 atom stereocenters. The molecule has 0 heterocycles. The Hall–Kier alpha value is -2.11. The van der Waals surface area contributed by atoms with Gasteiger partial charge in [-0.15, -0.1) is 0 Å². The van der Waals surface area contributed by atoms with Crippen molar-refractivity contribution in [2.24, 2.45) is 0 Å². The number of carbonyl (C=O) groups is 3. The van der Waals surface area contributed by atoms with E-state index >= 15 is 0 Å².